The number of dihydropyridines is 1. The van der Waals surface area contributed by atoms with Crippen LogP contribution in [0.4, 0.5) is 0 Å². The number of hydrogen-bond donors (Lipinski definition) is 0. The van der Waals surface area contributed by atoms with Gasteiger partial charge in [0.25, 0.3) is 0 Å². The van der Waals surface area contributed by atoms with E-state index in [2.05, 4.69) is 58.9 Å². The van der Waals surface area contributed by atoms with E-state index in [-0.39, 0.29) is 5.54 Å². The van der Waals surface area contributed by atoms with Gasteiger partial charge in [-0.15, -0.1) is 0 Å². The Morgan fingerprint density at radius 3 is 2.60 bits per heavy atom. The Labute approximate surface area is 123 Å². The maximum atomic E-state index is 4.92. The molecule has 2 aliphatic rings. The molecule has 2 atom stereocenters. The van der Waals surface area contributed by atoms with Crippen molar-refractivity contribution >= 4 is 11.4 Å². The third kappa shape index (κ3) is 3.00. The molecule has 0 saturated carbocycles. The molecule has 0 amide bonds. The normalized spacial score (nSPS) is 28.6. The summed E-state index contributed by atoms with van der Waals surface area (Å²) in [5, 5.41) is 0. The van der Waals surface area contributed by atoms with Gasteiger partial charge in [-0.25, -0.2) is 0 Å². The molecule has 108 valence electrons. The van der Waals surface area contributed by atoms with E-state index in [1.807, 2.05) is 0 Å². The van der Waals surface area contributed by atoms with E-state index in [9.17, 15) is 0 Å². The van der Waals surface area contributed by atoms with Crippen molar-refractivity contribution in [1.82, 2.24) is 0 Å². The number of aliphatic imine (C=N–C) groups is 2. The molecule has 0 N–H and O–H groups in total. The van der Waals surface area contributed by atoms with Crippen LogP contribution in [0.1, 0.15) is 53.9 Å². The molecular formula is C18H26N2. The Bertz CT molecular complexity index is 532. The second kappa shape index (κ2) is 5.90. The second-order valence-electron chi connectivity index (χ2n) is 5.93. The Morgan fingerprint density at radius 1 is 1.25 bits per heavy atom. The number of hydrogen-bond acceptors (Lipinski definition) is 2. The summed E-state index contributed by atoms with van der Waals surface area (Å²) < 4.78 is 0. The van der Waals surface area contributed by atoms with Crippen LogP contribution in [0.15, 0.2) is 45.4 Å². The largest absolute Gasteiger partial charge is 0.282 e. The monoisotopic (exact) mass is 270 g/mol. The number of rotatable bonds is 4. The van der Waals surface area contributed by atoms with Crippen molar-refractivity contribution in [3.8, 4) is 0 Å². The van der Waals surface area contributed by atoms with Crippen molar-refractivity contribution in [2.75, 3.05) is 0 Å². The highest BCUT2D eigenvalue weighted by Crippen LogP contribution is 2.32. The summed E-state index contributed by atoms with van der Waals surface area (Å²) in [5.41, 5.74) is 4.82. The SMILES string of the molecule is CCC1=CC(C)(CC)N=C2C=CC(=NC(C)CC)C=C12. The number of fused-ring (bicyclic) bond motifs is 1. The highest BCUT2D eigenvalue weighted by Gasteiger charge is 2.27. The topological polar surface area (TPSA) is 24.7 Å². The van der Waals surface area contributed by atoms with Crippen LogP contribution in [0.5, 0.6) is 0 Å². The first kappa shape index (κ1) is 15.0. The average Bonchev–Trinajstić information content (AvgIpc) is 2.46. The van der Waals surface area contributed by atoms with Crippen molar-refractivity contribution in [2.24, 2.45) is 9.98 Å². The predicted octanol–water partition coefficient (Wildman–Crippen LogP) is 4.68. The molecule has 1 heterocycles. The van der Waals surface area contributed by atoms with Gasteiger partial charge in [0.1, 0.15) is 0 Å². The van der Waals surface area contributed by atoms with Crippen molar-refractivity contribution < 1.29 is 0 Å². The van der Waals surface area contributed by atoms with Gasteiger partial charge in [0, 0.05) is 11.6 Å². The van der Waals surface area contributed by atoms with E-state index < -0.39 is 0 Å². The highest BCUT2D eigenvalue weighted by atomic mass is 14.9. The molecule has 1 aliphatic carbocycles. The molecule has 0 fully saturated rings. The molecule has 0 saturated heterocycles. The smallest absolute Gasteiger partial charge is 0.0770 e. The molecule has 2 heteroatoms. The van der Waals surface area contributed by atoms with Gasteiger partial charge < -0.3 is 0 Å². The van der Waals surface area contributed by atoms with E-state index in [1.54, 1.807) is 0 Å². The van der Waals surface area contributed by atoms with Crippen molar-refractivity contribution in [2.45, 2.75) is 65.5 Å². The Kier molecular flexibility index (Phi) is 4.42. The molecule has 2 nitrogen and oxygen atoms in total. The van der Waals surface area contributed by atoms with Gasteiger partial charge in [0.15, 0.2) is 0 Å². The van der Waals surface area contributed by atoms with Gasteiger partial charge in [-0.3, -0.25) is 9.98 Å². The zero-order valence-corrected chi connectivity index (χ0v) is 13.4. The fourth-order valence-corrected chi connectivity index (χ4v) is 2.54. The standard InChI is InChI=1S/C18H26N2/c1-6-13(4)19-15-9-10-17-16(11-15)14(7-2)12-18(5,8-3)20-17/h9-13H,6-8H2,1-5H3. The van der Waals surface area contributed by atoms with Gasteiger partial charge in [-0.2, -0.15) is 0 Å². The van der Waals surface area contributed by atoms with E-state index >= 15 is 0 Å². The number of allylic oxidation sites excluding steroid dienone is 5. The summed E-state index contributed by atoms with van der Waals surface area (Å²) in [4.78, 5) is 9.66. The summed E-state index contributed by atoms with van der Waals surface area (Å²) >= 11 is 0. The minimum atomic E-state index is -0.0479. The van der Waals surface area contributed by atoms with Crippen molar-refractivity contribution in [1.29, 1.82) is 0 Å². The molecule has 0 radical (unpaired) electrons. The van der Waals surface area contributed by atoms with E-state index in [4.69, 9.17) is 9.98 Å². The lowest BCUT2D eigenvalue weighted by molar-refractivity contribution is 0.559. The van der Waals surface area contributed by atoms with Crippen LogP contribution < -0.4 is 0 Å². The molecular weight excluding hydrogens is 244 g/mol. The molecule has 2 rings (SSSR count). The Hall–Kier alpha value is -1.44. The summed E-state index contributed by atoms with van der Waals surface area (Å²) in [5.74, 6) is 0. The van der Waals surface area contributed by atoms with E-state index in [1.165, 1.54) is 11.1 Å². The van der Waals surface area contributed by atoms with Gasteiger partial charge >= 0.3 is 0 Å². The first-order valence-electron chi connectivity index (χ1n) is 7.81. The summed E-state index contributed by atoms with van der Waals surface area (Å²) in [6.45, 7) is 11.0. The summed E-state index contributed by atoms with van der Waals surface area (Å²) in [6.07, 6.45) is 11.9. The van der Waals surface area contributed by atoms with Crippen LogP contribution in [-0.4, -0.2) is 23.0 Å². The lowest BCUT2D eigenvalue weighted by atomic mass is 9.84. The van der Waals surface area contributed by atoms with E-state index in [0.29, 0.717) is 6.04 Å². The van der Waals surface area contributed by atoms with Gasteiger partial charge in [-0.05, 0) is 56.9 Å². The third-order valence-electron chi connectivity index (χ3n) is 4.24. The molecule has 0 aromatic carbocycles. The zero-order chi connectivity index (χ0) is 14.8. The van der Waals surface area contributed by atoms with Gasteiger partial charge in [0.2, 0.25) is 0 Å². The van der Waals surface area contributed by atoms with Crippen molar-refractivity contribution in [3.05, 3.63) is 35.5 Å². The molecule has 2 unspecified atom stereocenters. The first-order valence-corrected chi connectivity index (χ1v) is 7.81. The van der Waals surface area contributed by atoms with Gasteiger partial charge in [-0.1, -0.05) is 26.8 Å². The first-order chi connectivity index (χ1) is 9.51. The molecule has 0 spiro atoms. The fraction of sp³-hybridized carbons (Fsp3) is 0.556. The van der Waals surface area contributed by atoms with Crippen LogP contribution in [0.2, 0.25) is 0 Å². The Morgan fingerprint density at radius 2 is 2.00 bits per heavy atom. The van der Waals surface area contributed by atoms with Crippen LogP contribution in [0.3, 0.4) is 0 Å². The summed E-state index contributed by atoms with van der Waals surface area (Å²) in [6, 6.07) is 0.378. The van der Waals surface area contributed by atoms with E-state index in [0.717, 1.165) is 30.7 Å². The maximum absolute atomic E-state index is 4.92. The van der Waals surface area contributed by atoms with Crippen LogP contribution >= 0.6 is 0 Å². The number of nitrogens with zero attached hydrogens (tertiary/aromatic N) is 2. The lowest BCUT2D eigenvalue weighted by Crippen LogP contribution is -2.27. The molecule has 20 heavy (non-hydrogen) atoms. The minimum Gasteiger partial charge on any atom is -0.282 e. The summed E-state index contributed by atoms with van der Waals surface area (Å²) in [7, 11) is 0. The molecule has 0 bridgehead atoms. The second-order valence-corrected chi connectivity index (χ2v) is 5.93. The predicted molar refractivity (Wildman–Crippen MR) is 88.9 cm³/mol. The van der Waals surface area contributed by atoms with Gasteiger partial charge in [0.05, 0.1) is 17.0 Å². The third-order valence-corrected chi connectivity index (χ3v) is 4.24. The van der Waals surface area contributed by atoms with Crippen molar-refractivity contribution in [3.63, 3.8) is 0 Å². The average molecular weight is 270 g/mol. The highest BCUT2D eigenvalue weighted by molar-refractivity contribution is 6.23. The minimum absolute atomic E-state index is 0.0479. The molecule has 0 aromatic heterocycles. The zero-order valence-electron chi connectivity index (χ0n) is 13.4. The molecule has 0 aromatic rings. The maximum Gasteiger partial charge on any atom is 0.0770 e. The van der Waals surface area contributed by atoms with Crippen LogP contribution in [0.25, 0.3) is 0 Å². The molecule has 1 aliphatic heterocycles. The fourth-order valence-electron chi connectivity index (χ4n) is 2.54. The Balaban J connectivity index is 2.40. The van der Waals surface area contributed by atoms with Crippen LogP contribution in [-0.2, 0) is 0 Å². The quantitative estimate of drug-likeness (QED) is 0.663. The van der Waals surface area contributed by atoms with Crippen LogP contribution in [0, 0.1) is 0 Å². The lowest BCUT2D eigenvalue weighted by Gasteiger charge is -2.30.